The predicted octanol–water partition coefficient (Wildman–Crippen LogP) is 4.27. The van der Waals surface area contributed by atoms with Gasteiger partial charge >= 0.3 is 0 Å². The molecule has 27 heavy (non-hydrogen) atoms. The van der Waals surface area contributed by atoms with Crippen molar-refractivity contribution in [2.75, 3.05) is 19.9 Å². The largest absolute Gasteiger partial charge is 0.454 e. The van der Waals surface area contributed by atoms with E-state index in [1.54, 1.807) is 0 Å². The summed E-state index contributed by atoms with van der Waals surface area (Å²) in [5.74, 6) is 2.53. The van der Waals surface area contributed by atoms with Gasteiger partial charge in [0.2, 0.25) is 6.79 Å². The Bertz CT molecular complexity index is 618. The van der Waals surface area contributed by atoms with Gasteiger partial charge in [-0.15, -0.1) is 0 Å². The van der Waals surface area contributed by atoms with E-state index in [0.717, 1.165) is 37.0 Å². The molecule has 0 spiro atoms. The maximum Gasteiger partial charge on any atom is 0.231 e. The first kappa shape index (κ1) is 20.5. The summed E-state index contributed by atoms with van der Waals surface area (Å²) in [7, 11) is 0. The minimum atomic E-state index is 0.0621. The third-order valence-corrected chi connectivity index (χ3v) is 6.53. The number of nitrogens with two attached hydrogens (primary N) is 1. The van der Waals surface area contributed by atoms with Crippen LogP contribution in [0.15, 0.2) is 18.2 Å². The molecule has 0 aliphatic carbocycles. The van der Waals surface area contributed by atoms with Crippen LogP contribution < -0.4 is 14.8 Å². The summed E-state index contributed by atoms with van der Waals surface area (Å²) in [4.78, 5) is 0. The summed E-state index contributed by atoms with van der Waals surface area (Å²) < 4.78 is 17.1. The summed E-state index contributed by atoms with van der Waals surface area (Å²) in [5.41, 5.74) is 1.81. The third-order valence-electron chi connectivity index (χ3n) is 6.53. The summed E-state index contributed by atoms with van der Waals surface area (Å²) in [6.07, 6.45) is 7.47. The second-order valence-electron chi connectivity index (χ2n) is 9.23. The van der Waals surface area contributed by atoms with Gasteiger partial charge in [0.05, 0.1) is 12.1 Å². The van der Waals surface area contributed by atoms with E-state index in [-0.39, 0.29) is 5.60 Å². The van der Waals surface area contributed by atoms with Gasteiger partial charge in [0.15, 0.2) is 11.5 Å². The van der Waals surface area contributed by atoms with Crippen LogP contribution in [0.2, 0.25) is 0 Å². The lowest BCUT2D eigenvalue weighted by Gasteiger charge is -2.46. The lowest BCUT2D eigenvalue weighted by Crippen LogP contribution is -2.83. The highest BCUT2D eigenvalue weighted by Gasteiger charge is 2.42. The fraction of sp³-hybridized carbons (Fsp3) is 0.739. The van der Waals surface area contributed by atoms with Crippen LogP contribution >= 0.6 is 0 Å². The average molecular weight is 377 g/mol. The maximum atomic E-state index is 6.16. The Hall–Kier alpha value is -1.26. The molecule has 1 aromatic rings. The van der Waals surface area contributed by atoms with Gasteiger partial charge in [0.1, 0.15) is 6.54 Å². The van der Waals surface area contributed by atoms with Gasteiger partial charge in [0.25, 0.3) is 0 Å². The van der Waals surface area contributed by atoms with Crippen LogP contribution in [0.5, 0.6) is 11.5 Å². The fourth-order valence-electron chi connectivity index (χ4n) is 4.57. The number of rotatable bonds is 9. The lowest BCUT2D eigenvalue weighted by molar-refractivity contribution is -0.672. The molecular weight excluding hydrogens is 338 g/mol. The van der Waals surface area contributed by atoms with Gasteiger partial charge in [-0.2, -0.15) is 0 Å². The van der Waals surface area contributed by atoms with E-state index in [1.165, 1.54) is 44.2 Å². The number of quaternary nitrogens is 1. The van der Waals surface area contributed by atoms with Gasteiger partial charge in [-0.05, 0) is 62.1 Å². The Kier molecular flexibility index (Phi) is 6.69. The molecule has 0 unspecified atom stereocenters. The van der Waals surface area contributed by atoms with Gasteiger partial charge in [0, 0.05) is 18.6 Å². The van der Waals surface area contributed by atoms with Crippen LogP contribution in [0.4, 0.5) is 0 Å². The number of ether oxygens (including phenoxy) is 3. The Morgan fingerprint density at radius 3 is 2.74 bits per heavy atom. The molecular formula is C23H38NO3+. The molecule has 0 radical (unpaired) electrons. The number of fused-ring (bicyclic) bond motifs is 1. The van der Waals surface area contributed by atoms with Crippen molar-refractivity contribution in [3.63, 3.8) is 0 Å². The summed E-state index contributed by atoms with van der Waals surface area (Å²) in [5, 5.41) is 2.45. The fourth-order valence-corrected chi connectivity index (χ4v) is 4.57. The Morgan fingerprint density at radius 1 is 1.15 bits per heavy atom. The molecule has 0 saturated carbocycles. The van der Waals surface area contributed by atoms with Crippen LogP contribution in [0.3, 0.4) is 0 Å². The van der Waals surface area contributed by atoms with Crippen molar-refractivity contribution < 1.29 is 19.5 Å². The first-order valence-corrected chi connectivity index (χ1v) is 10.8. The number of hydrogen-bond donors (Lipinski definition) is 1. The molecule has 1 aromatic carbocycles. The molecule has 1 saturated heterocycles. The monoisotopic (exact) mass is 376 g/mol. The van der Waals surface area contributed by atoms with Crippen LogP contribution in [0.1, 0.15) is 71.8 Å². The smallest absolute Gasteiger partial charge is 0.231 e. The maximum absolute atomic E-state index is 6.16. The van der Waals surface area contributed by atoms with Gasteiger partial charge in [-0.1, -0.05) is 27.2 Å². The second kappa shape index (κ2) is 8.83. The molecule has 4 nitrogen and oxygen atoms in total. The molecule has 0 amide bonds. The van der Waals surface area contributed by atoms with Crippen LogP contribution in [0, 0.1) is 11.3 Å². The molecule has 2 aliphatic heterocycles. The van der Waals surface area contributed by atoms with E-state index >= 15 is 0 Å². The van der Waals surface area contributed by atoms with E-state index in [2.05, 4.69) is 45.1 Å². The van der Waals surface area contributed by atoms with Gasteiger partial charge in [-0.3, -0.25) is 0 Å². The first-order chi connectivity index (χ1) is 12.9. The minimum Gasteiger partial charge on any atom is -0.454 e. The van der Waals surface area contributed by atoms with E-state index < -0.39 is 0 Å². The second-order valence-corrected chi connectivity index (χ2v) is 9.23. The third kappa shape index (κ3) is 5.39. The molecule has 0 aromatic heterocycles. The summed E-state index contributed by atoms with van der Waals surface area (Å²) >= 11 is 0. The molecule has 152 valence electrons. The first-order valence-electron chi connectivity index (χ1n) is 10.8. The van der Waals surface area contributed by atoms with Crippen molar-refractivity contribution in [2.45, 2.75) is 78.4 Å². The van der Waals surface area contributed by atoms with Crippen molar-refractivity contribution in [1.29, 1.82) is 0 Å². The predicted molar refractivity (Wildman–Crippen MR) is 108 cm³/mol. The normalized spacial score (nSPS) is 27.3. The number of benzene rings is 1. The Morgan fingerprint density at radius 2 is 1.96 bits per heavy atom. The zero-order valence-electron chi connectivity index (χ0n) is 17.7. The standard InChI is InChI=1S/C23H37NO3/c1-5-22(4)16-23(11-13-27-22,9-8-18(2)3)10-12-24-15-19-6-7-20-21(14-19)26-17-25-20/h6-7,14,18,24H,5,8-13,15-17H2,1-4H3/p+1/t22-,23-/m0/s1. The molecule has 4 heteroatoms. The zero-order chi connectivity index (χ0) is 19.3. The zero-order valence-corrected chi connectivity index (χ0v) is 17.7. The van der Waals surface area contributed by atoms with E-state index in [0.29, 0.717) is 12.2 Å². The van der Waals surface area contributed by atoms with Crippen molar-refractivity contribution in [3.05, 3.63) is 23.8 Å². The van der Waals surface area contributed by atoms with Crippen molar-refractivity contribution in [1.82, 2.24) is 0 Å². The highest BCUT2D eigenvalue weighted by Crippen LogP contribution is 2.46. The van der Waals surface area contributed by atoms with Crippen molar-refractivity contribution in [2.24, 2.45) is 11.3 Å². The van der Waals surface area contributed by atoms with Crippen molar-refractivity contribution in [3.8, 4) is 11.5 Å². The molecule has 2 aliphatic rings. The summed E-state index contributed by atoms with van der Waals surface area (Å²) in [6, 6.07) is 6.30. The van der Waals surface area contributed by atoms with Crippen LogP contribution in [-0.4, -0.2) is 25.5 Å². The minimum absolute atomic E-state index is 0.0621. The Labute approximate surface area is 165 Å². The van der Waals surface area contributed by atoms with E-state index in [1.807, 2.05) is 6.07 Å². The molecule has 2 atom stereocenters. The van der Waals surface area contributed by atoms with Gasteiger partial charge in [-0.25, -0.2) is 0 Å². The summed E-state index contributed by atoms with van der Waals surface area (Å²) in [6.45, 7) is 12.7. The van der Waals surface area contributed by atoms with E-state index in [4.69, 9.17) is 14.2 Å². The molecule has 0 bridgehead atoms. The van der Waals surface area contributed by atoms with Gasteiger partial charge < -0.3 is 19.5 Å². The Balaban J connectivity index is 1.54. The molecule has 2 heterocycles. The van der Waals surface area contributed by atoms with Crippen LogP contribution in [0.25, 0.3) is 0 Å². The molecule has 2 N–H and O–H groups in total. The SMILES string of the molecule is CC[C@@]1(C)C[C@](CC[NH2+]Cc2ccc3c(c2)OCO3)(CCC(C)C)CCO1. The van der Waals surface area contributed by atoms with Crippen molar-refractivity contribution >= 4 is 0 Å². The number of hydrogen-bond acceptors (Lipinski definition) is 3. The quantitative estimate of drug-likeness (QED) is 0.655. The average Bonchev–Trinajstić information content (AvgIpc) is 3.12. The highest BCUT2D eigenvalue weighted by atomic mass is 16.7. The molecule has 3 rings (SSSR count). The topological polar surface area (TPSA) is 44.3 Å². The van der Waals surface area contributed by atoms with Crippen LogP contribution in [-0.2, 0) is 11.3 Å². The highest BCUT2D eigenvalue weighted by molar-refractivity contribution is 5.44. The van der Waals surface area contributed by atoms with E-state index in [9.17, 15) is 0 Å². The molecule has 1 fully saturated rings. The lowest BCUT2D eigenvalue weighted by atomic mass is 9.67.